The van der Waals surface area contributed by atoms with Crippen molar-refractivity contribution in [3.05, 3.63) is 24.0 Å². The number of hydrogen-bond donors (Lipinski definition) is 2. The number of unbranched alkanes of at least 4 members (excludes halogenated alkanes) is 3. The first kappa shape index (κ1) is 11.8. The van der Waals surface area contributed by atoms with Crippen LogP contribution in [0, 0.1) is 0 Å². The maximum Gasteiger partial charge on any atom is 0.337 e. The Kier molecular flexibility index (Phi) is 4.90. The number of aromatic nitrogens is 1. The van der Waals surface area contributed by atoms with Gasteiger partial charge in [-0.2, -0.15) is 0 Å². The highest BCUT2D eigenvalue weighted by Crippen LogP contribution is 2.05. The third kappa shape index (κ3) is 4.16. The summed E-state index contributed by atoms with van der Waals surface area (Å²) in [6.07, 6.45) is 7.41. The summed E-state index contributed by atoms with van der Waals surface area (Å²) < 4.78 is 1.89. The van der Waals surface area contributed by atoms with Crippen molar-refractivity contribution in [2.24, 2.45) is 0 Å². The number of aliphatic hydroxyl groups is 1. The molecular weight excluding hydrogens is 194 g/mol. The van der Waals surface area contributed by atoms with E-state index in [2.05, 4.69) is 0 Å². The molecule has 0 radical (unpaired) electrons. The van der Waals surface area contributed by atoms with Crippen molar-refractivity contribution in [1.82, 2.24) is 4.57 Å². The zero-order chi connectivity index (χ0) is 11.1. The van der Waals surface area contributed by atoms with Crippen LogP contribution in [0.15, 0.2) is 18.5 Å². The van der Waals surface area contributed by atoms with Gasteiger partial charge in [0, 0.05) is 25.5 Å². The van der Waals surface area contributed by atoms with Gasteiger partial charge in [-0.05, 0) is 18.9 Å². The van der Waals surface area contributed by atoms with Crippen molar-refractivity contribution in [1.29, 1.82) is 0 Å². The Bertz CT molecular complexity index is 307. The summed E-state index contributed by atoms with van der Waals surface area (Å²) in [5.74, 6) is -0.881. The smallest absolute Gasteiger partial charge is 0.337 e. The zero-order valence-corrected chi connectivity index (χ0v) is 8.72. The maximum atomic E-state index is 10.6. The van der Waals surface area contributed by atoms with E-state index in [4.69, 9.17) is 10.2 Å². The maximum absolute atomic E-state index is 10.6. The van der Waals surface area contributed by atoms with Crippen molar-refractivity contribution in [2.45, 2.75) is 32.2 Å². The molecule has 2 N–H and O–H groups in total. The van der Waals surface area contributed by atoms with Gasteiger partial charge in [0.25, 0.3) is 0 Å². The third-order valence-corrected chi connectivity index (χ3v) is 2.32. The number of aliphatic hydroxyl groups excluding tert-OH is 1. The summed E-state index contributed by atoms with van der Waals surface area (Å²) in [6, 6.07) is 1.61. The standard InChI is InChI=1S/C11H17NO3/c13-8-4-2-1-3-6-12-7-5-10(9-12)11(14)15/h5,7,9,13H,1-4,6,8H2,(H,14,15). The lowest BCUT2D eigenvalue weighted by Crippen LogP contribution is -1.97. The molecule has 0 aliphatic rings. The van der Waals surface area contributed by atoms with E-state index in [0.717, 1.165) is 32.2 Å². The molecule has 84 valence electrons. The van der Waals surface area contributed by atoms with Gasteiger partial charge in [-0.25, -0.2) is 4.79 Å². The van der Waals surface area contributed by atoms with Crippen LogP contribution < -0.4 is 0 Å². The lowest BCUT2D eigenvalue weighted by molar-refractivity contribution is 0.0697. The van der Waals surface area contributed by atoms with Gasteiger partial charge in [0.15, 0.2) is 0 Å². The third-order valence-electron chi connectivity index (χ3n) is 2.32. The molecule has 0 amide bonds. The minimum absolute atomic E-state index is 0.257. The lowest BCUT2D eigenvalue weighted by atomic mass is 10.2. The molecule has 15 heavy (non-hydrogen) atoms. The topological polar surface area (TPSA) is 62.5 Å². The van der Waals surface area contributed by atoms with Crippen molar-refractivity contribution in [2.75, 3.05) is 6.61 Å². The summed E-state index contributed by atoms with van der Waals surface area (Å²) in [5.41, 5.74) is 0.338. The molecule has 4 heteroatoms. The minimum Gasteiger partial charge on any atom is -0.478 e. The first-order chi connectivity index (χ1) is 7.24. The van der Waals surface area contributed by atoms with E-state index in [1.54, 1.807) is 18.5 Å². The number of rotatable bonds is 7. The molecule has 1 rings (SSSR count). The fraction of sp³-hybridized carbons (Fsp3) is 0.545. The van der Waals surface area contributed by atoms with Crippen molar-refractivity contribution in [3.8, 4) is 0 Å². The van der Waals surface area contributed by atoms with Crippen LogP contribution in [0.25, 0.3) is 0 Å². The molecule has 0 bridgehead atoms. The molecule has 0 aliphatic heterocycles. The highest BCUT2D eigenvalue weighted by molar-refractivity contribution is 5.87. The molecular formula is C11H17NO3. The largest absolute Gasteiger partial charge is 0.478 e. The summed E-state index contributed by atoms with van der Waals surface area (Å²) in [4.78, 5) is 10.6. The Hall–Kier alpha value is -1.29. The average molecular weight is 211 g/mol. The van der Waals surface area contributed by atoms with Crippen LogP contribution >= 0.6 is 0 Å². The molecule has 0 unspecified atom stereocenters. The fourth-order valence-corrected chi connectivity index (χ4v) is 1.47. The SMILES string of the molecule is O=C(O)c1ccn(CCCCCCO)c1. The van der Waals surface area contributed by atoms with E-state index in [1.807, 2.05) is 4.57 Å². The Labute approximate surface area is 89.2 Å². The number of aryl methyl sites for hydroxylation is 1. The molecule has 0 atom stereocenters. The van der Waals surface area contributed by atoms with Gasteiger partial charge < -0.3 is 14.8 Å². The van der Waals surface area contributed by atoms with Crippen molar-refractivity contribution in [3.63, 3.8) is 0 Å². The predicted molar refractivity (Wildman–Crippen MR) is 56.9 cm³/mol. The van der Waals surface area contributed by atoms with Crippen LogP contribution in [-0.4, -0.2) is 27.4 Å². The first-order valence-corrected chi connectivity index (χ1v) is 5.24. The molecule has 0 aliphatic carbocycles. The van der Waals surface area contributed by atoms with E-state index >= 15 is 0 Å². The second-order valence-electron chi connectivity index (χ2n) is 3.58. The number of aromatic carboxylic acids is 1. The first-order valence-electron chi connectivity index (χ1n) is 5.24. The quantitative estimate of drug-likeness (QED) is 0.675. The van der Waals surface area contributed by atoms with Gasteiger partial charge >= 0.3 is 5.97 Å². The molecule has 1 aromatic rings. The number of carboxylic acids is 1. The van der Waals surface area contributed by atoms with E-state index in [9.17, 15) is 4.79 Å². The second kappa shape index (κ2) is 6.24. The van der Waals surface area contributed by atoms with Gasteiger partial charge in [-0.15, -0.1) is 0 Å². The molecule has 4 nitrogen and oxygen atoms in total. The minimum atomic E-state index is -0.881. The Balaban J connectivity index is 2.23. The summed E-state index contributed by atoms with van der Waals surface area (Å²) in [5, 5.41) is 17.3. The van der Waals surface area contributed by atoms with Crippen LogP contribution in [0.3, 0.4) is 0 Å². The number of nitrogens with zero attached hydrogens (tertiary/aromatic N) is 1. The van der Waals surface area contributed by atoms with E-state index in [-0.39, 0.29) is 6.61 Å². The monoisotopic (exact) mass is 211 g/mol. The normalized spacial score (nSPS) is 10.5. The van der Waals surface area contributed by atoms with Crippen LogP contribution in [0.4, 0.5) is 0 Å². The molecule has 0 aromatic carbocycles. The van der Waals surface area contributed by atoms with Crippen LogP contribution in [0.2, 0.25) is 0 Å². The average Bonchev–Trinajstić information content (AvgIpc) is 2.66. The number of carboxylic acid groups (broad SMARTS) is 1. The molecule has 1 heterocycles. The molecule has 0 saturated carbocycles. The lowest BCUT2D eigenvalue weighted by Gasteiger charge is -2.01. The van der Waals surface area contributed by atoms with Gasteiger partial charge in [-0.1, -0.05) is 12.8 Å². The summed E-state index contributed by atoms with van der Waals surface area (Å²) >= 11 is 0. The van der Waals surface area contributed by atoms with E-state index < -0.39 is 5.97 Å². The Morgan fingerprint density at radius 1 is 1.27 bits per heavy atom. The van der Waals surface area contributed by atoms with Crippen molar-refractivity contribution >= 4 is 5.97 Å². The zero-order valence-electron chi connectivity index (χ0n) is 8.72. The van der Waals surface area contributed by atoms with E-state index in [0.29, 0.717) is 5.56 Å². The van der Waals surface area contributed by atoms with Crippen molar-refractivity contribution < 1.29 is 15.0 Å². The number of hydrogen-bond acceptors (Lipinski definition) is 2. The van der Waals surface area contributed by atoms with E-state index in [1.165, 1.54) is 0 Å². The Morgan fingerprint density at radius 2 is 2.00 bits per heavy atom. The fourth-order valence-electron chi connectivity index (χ4n) is 1.47. The van der Waals surface area contributed by atoms with Gasteiger partial charge in [-0.3, -0.25) is 0 Å². The molecule has 0 fully saturated rings. The van der Waals surface area contributed by atoms with Crippen LogP contribution in [0.5, 0.6) is 0 Å². The summed E-state index contributed by atoms with van der Waals surface area (Å²) in [6.45, 7) is 1.10. The van der Waals surface area contributed by atoms with Gasteiger partial charge in [0.2, 0.25) is 0 Å². The van der Waals surface area contributed by atoms with Crippen LogP contribution in [0.1, 0.15) is 36.0 Å². The second-order valence-corrected chi connectivity index (χ2v) is 3.58. The molecule has 0 saturated heterocycles. The number of carbonyl (C=O) groups is 1. The van der Waals surface area contributed by atoms with Crippen LogP contribution in [-0.2, 0) is 6.54 Å². The highest BCUT2D eigenvalue weighted by Gasteiger charge is 2.03. The highest BCUT2D eigenvalue weighted by atomic mass is 16.4. The van der Waals surface area contributed by atoms with Gasteiger partial charge in [0.05, 0.1) is 5.56 Å². The van der Waals surface area contributed by atoms with Gasteiger partial charge in [0.1, 0.15) is 0 Å². The Morgan fingerprint density at radius 3 is 2.60 bits per heavy atom. The predicted octanol–water partition coefficient (Wildman–Crippen LogP) is 1.74. The molecule has 1 aromatic heterocycles. The summed E-state index contributed by atoms with van der Waals surface area (Å²) in [7, 11) is 0. The molecule has 0 spiro atoms.